The first-order valence-electron chi connectivity index (χ1n) is 14.1. The van der Waals surface area contributed by atoms with Gasteiger partial charge in [0.25, 0.3) is 5.91 Å². The Labute approximate surface area is 282 Å². The quantitative estimate of drug-likeness (QED) is 0.0819. The Kier molecular flexibility index (Phi) is 11.5. The Balaban J connectivity index is 1.25. The van der Waals surface area contributed by atoms with E-state index in [4.69, 9.17) is 18.6 Å². The lowest BCUT2D eigenvalue weighted by atomic mass is 9.98. The van der Waals surface area contributed by atoms with Gasteiger partial charge in [0.1, 0.15) is 27.9 Å². The van der Waals surface area contributed by atoms with Crippen LogP contribution in [0.3, 0.4) is 0 Å². The molecule has 12 nitrogen and oxygen atoms in total. The molecule has 5 rings (SSSR count). The molecule has 1 N–H and O–H groups in total. The Morgan fingerprint density at radius 3 is 2.67 bits per heavy atom. The fourth-order valence-corrected chi connectivity index (χ4v) is 8.15. The minimum atomic E-state index is -0.867. The largest absolute Gasteiger partial charge is 0.472 e. The average Bonchev–Trinajstić information content (AvgIpc) is 3.77. The number of carbonyl (C=O) groups excluding carboxylic acids is 4. The summed E-state index contributed by atoms with van der Waals surface area (Å²) in [4.78, 5) is 58.1. The molecule has 4 heterocycles. The van der Waals surface area contributed by atoms with Crippen LogP contribution in [0.25, 0.3) is 0 Å². The molecule has 0 radical (unpaired) electrons. The molecule has 0 bridgehead atoms. The lowest BCUT2D eigenvalue weighted by Gasteiger charge is -2.49. The van der Waals surface area contributed by atoms with Gasteiger partial charge in [0.15, 0.2) is 5.16 Å². The summed E-state index contributed by atoms with van der Waals surface area (Å²) >= 11 is 5.24. The maximum atomic E-state index is 13.6. The first-order chi connectivity index (χ1) is 22.1. The molecule has 3 atom stereocenters. The number of β-lactam (4-membered cyclic amide) rings is 1. The molecule has 46 heavy (non-hydrogen) atoms. The molecule has 0 saturated carbocycles. The van der Waals surface area contributed by atoms with Gasteiger partial charge >= 0.3 is 11.9 Å². The van der Waals surface area contributed by atoms with Crippen molar-refractivity contribution < 1.29 is 37.8 Å². The zero-order valence-electron chi connectivity index (χ0n) is 25.2. The number of carbonyl (C=O) groups is 4. The third-order valence-electron chi connectivity index (χ3n) is 6.76. The van der Waals surface area contributed by atoms with E-state index in [0.29, 0.717) is 34.4 Å². The summed E-state index contributed by atoms with van der Waals surface area (Å²) in [5.74, 6) is -1.19. The van der Waals surface area contributed by atoms with E-state index in [-0.39, 0.29) is 17.5 Å². The monoisotopic (exact) mass is 704 g/mol. The van der Waals surface area contributed by atoms with Gasteiger partial charge in [-0.3, -0.25) is 19.3 Å². The number of aromatic nitrogens is 2. The highest BCUT2D eigenvalue weighted by molar-refractivity contribution is 8.01. The van der Waals surface area contributed by atoms with Gasteiger partial charge in [0.05, 0.1) is 30.5 Å². The van der Waals surface area contributed by atoms with Gasteiger partial charge in [-0.2, -0.15) is 4.37 Å². The van der Waals surface area contributed by atoms with Gasteiger partial charge in [0, 0.05) is 17.1 Å². The number of furan rings is 1. The van der Waals surface area contributed by atoms with Crippen LogP contribution < -0.4 is 5.32 Å². The summed E-state index contributed by atoms with van der Waals surface area (Å²) in [5.41, 5.74) is 3.20. The fraction of sp³-hybridized carbons (Fsp3) is 0.400. The number of nitrogens with one attached hydrogen (secondary N) is 1. The van der Waals surface area contributed by atoms with E-state index in [0.717, 1.165) is 5.56 Å². The zero-order valence-corrected chi connectivity index (χ0v) is 28.5. The predicted molar refractivity (Wildman–Crippen MR) is 174 cm³/mol. The number of ether oxygens (including phenoxy) is 3. The molecule has 2 aromatic heterocycles. The molecule has 2 aliphatic rings. The molecule has 3 aromatic rings. The van der Waals surface area contributed by atoms with E-state index in [2.05, 4.69) is 14.7 Å². The second-order valence-electron chi connectivity index (χ2n) is 11.1. The van der Waals surface area contributed by atoms with Crippen LogP contribution in [0.4, 0.5) is 0 Å². The van der Waals surface area contributed by atoms with Crippen LogP contribution in [0, 0.1) is 5.41 Å². The first-order valence-corrected chi connectivity index (χ1v) is 18.0. The summed E-state index contributed by atoms with van der Waals surface area (Å²) in [6, 6.07) is 10.5. The number of hydrogen-bond acceptors (Lipinski definition) is 14. The van der Waals surface area contributed by atoms with Gasteiger partial charge in [-0.25, -0.2) is 9.78 Å². The van der Waals surface area contributed by atoms with Gasteiger partial charge < -0.3 is 23.9 Å². The van der Waals surface area contributed by atoms with E-state index in [1.807, 2.05) is 30.3 Å². The zero-order chi connectivity index (χ0) is 32.7. The second-order valence-corrected chi connectivity index (χ2v) is 14.8. The average molecular weight is 705 g/mol. The van der Waals surface area contributed by atoms with Crippen LogP contribution in [0.15, 0.2) is 75.3 Å². The number of thioether (sulfide) groups is 3. The lowest BCUT2D eigenvalue weighted by molar-refractivity contribution is -0.173. The summed E-state index contributed by atoms with van der Waals surface area (Å²) in [6.07, 6.45) is 2.97. The molecule has 244 valence electrons. The highest BCUT2D eigenvalue weighted by Gasteiger charge is 2.54. The molecular weight excluding hydrogens is 673 g/mol. The van der Waals surface area contributed by atoms with Crippen molar-refractivity contribution in [2.24, 2.45) is 5.41 Å². The standard InChI is InChI=1S/C30H32N4O8S4/c1-30(2,3)28(38)42-16-41-27(37)22-20(14-44-29-31-15-46-33-29)13-43-26-21(25(36)34(22)26)32-24(35)23(19-9-10-39-12-19)45-17-40-11-18-7-5-4-6-8-18/h4-10,12,15,21,23,26H,11,13-14,16-17H2,1-3H3,(H,32,35)/t21-,23?,26?/m0/s1. The Morgan fingerprint density at radius 1 is 1.17 bits per heavy atom. The van der Waals surface area contributed by atoms with Crippen LogP contribution in [-0.4, -0.2) is 73.7 Å². The molecular formula is C30H32N4O8S4. The van der Waals surface area contributed by atoms with Crippen molar-refractivity contribution in [1.29, 1.82) is 0 Å². The van der Waals surface area contributed by atoms with Crippen molar-refractivity contribution in [2.75, 3.05) is 24.2 Å². The van der Waals surface area contributed by atoms with Crippen LogP contribution in [0.1, 0.15) is 37.1 Å². The topological polar surface area (TPSA) is 150 Å². The first kappa shape index (κ1) is 34.0. The van der Waals surface area contributed by atoms with E-state index in [9.17, 15) is 19.2 Å². The molecule has 1 saturated heterocycles. The number of rotatable bonds is 14. The van der Waals surface area contributed by atoms with Crippen LogP contribution >= 0.6 is 46.8 Å². The highest BCUT2D eigenvalue weighted by Crippen LogP contribution is 2.42. The smallest absolute Gasteiger partial charge is 0.357 e. The molecule has 1 aromatic carbocycles. The van der Waals surface area contributed by atoms with Crippen molar-refractivity contribution in [1.82, 2.24) is 19.6 Å². The van der Waals surface area contributed by atoms with E-state index < -0.39 is 46.7 Å². The third-order valence-corrected chi connectivity index (χ3v) is 10.8. The van der Waals surface area contributed by atoms with Crippen molar-refractivity contribution >= 4 is 70.6 Å². The minimum absolute atomic E-state index is 0.0730. The number of fused-ring (bicyclic) bond motifs is 1. The van der Waals surface area contributed by atoms with Gasteiger partial charge in [-0.15, -0.1) is 23.5 Å². The highest BCUT2D eigenvalue weighted by atomic mass is 32.2. The predicted octanol–water partition coefficient (Wildman–Crippen LogP) is 4.62. The molecule has 0 spiro atoms. The van der Waals surface area contributed by atoms with Crippen LogP contribution in [0.5, 0.6) is 0 Å². The molecule has 16 heteroatoms. The van der Waals surface area contributed by atoms with Gasteiger partial charge in [-0.05, 0) is 49.5 Å². The Bertz CT molecular complexity index is 1540. The van der Waals surface area contributed by atoms with Crippen LogP contribution in [-0.2, 0) is 40.0 Å². The lowest BCUT2D eigenvalue weighted by Crippen LogP contribution is -2.71. The summed E-state index contributed by atoms with van der Waals surface area (Å²) in [5, 5.41) is 2.20. The summed E-state index contributed by atoms with van der Waals surface area (Å²) < 4.78 is 25.6. The fourth-order valence-electron chi connectivity index (χ4n) is 4.41. The molecule has 2 amide bonds. The van der Waals surface area contributed by atoms with Crippen molar-refractivity contribution in [3.8, 4) is 0 Å². The third kappa shape index (κ3) is 8.34. The molecule has 2 unspecified atom stereocenters. The van der Waals surface area contributed by atoms with Crippen molar-refractivity contribution in [2.45, 2.75) is 49.2 Å². The van der Waals surface area contributed by atoms with Crippen molar-refractivity contribution in [3.05, 3.63) is 76.8 Å². The van der Waals surface area contributed by atoms with Gasteiger partial charge in [0.2, 0.25) is 12.7 Å². The number of benzene rings is 1. The number of nitrogens with zero attached hydrogens (tertiary/aromatic N) is 3. The minimum Gasteiger partial charge on any atom is -0.472 e. The Hall–Kier alpha value is -3.31. The number of esters is 2. The van der Waals surface area contributed by atoms with E-state index >= 15 is 0 Å². The van der Waals surface area contributed by atoms with Gasteiger partial charge in [-0.1, -0.05) is 42.1 Å². The summed E-state index contributed by atoms with van der Waals surface area (Å²) in [7, 11) is 0. The van der Waals surface area contributed by atoms with E-state index in [1.54, 1.807) is 32.3 Å². The number of hydrogen-bond donors (Lipinski definition) is 1. The number of amides is 2. The molecule has 2 aliphatic heterocycles. The maximum absolute atomic E-state index is 13.6. The Morgan fingerprint density at radius 2 is 1.98 bits per heavy atom. The molecule has 1 fully saturated rings. The normalized spacial score (nSPS) is 18.4. The summed E-state index contributed by atoms with van der Waals surface area (Å²) in [6.45, 7) is 4.85. The molecule has 0 aliphatic carbocycles. The SMILES string of the molecule is CC(C)(C)C(=O)OCOC(=O)C1=C(CSc2ncsn2)CSC2[C@@H](NC(=O)C(SCOCc3ccccc3)c3ccoc3)C(=O)N12. The van der Waals surface area contributed by atoms with E-state index in [1.165, 1.54) is 64.2 Å². The maximum Gasteiger partial charge on any atom is 0.357 e. The van der Waals surface area contributed by atoms with Crippen LogP contribution in [0.2, 0.25) is 0 Å². The van der Waals surface area contributed by atoms with Crippen molar-refractivity contribution in [3.63, 3.8) is 0 Å². The second kappa shape index (κ2) is 15.5.